The fourth-order valence-electron chi connectivity index (χ4n) is 2.68. The third kappa shape index (κ3) is 4.65. The molecule has 6 nitrogen and oxygen atoms in total. The van der Waals surface area contributed by atoms with Crippen molar-refractivity contribution in [3.8, 4) is 11.5 Å². The largest absolute Gasteiger partial charge is 0.493 e. The van der Waals surface area contributed by atoms with Gasteiger partial charge in [0.05, 0.1) is 12.7 Å². The van der Waals surface area contributed by atoms with Crippen LogP contribution in [0.1, 0.15) is 21.5 Å². The molecule has 0 radical (unpaired) electrons. The van der Waals surface area contributed by atoms with E-state index in [1.807, 2.05) is 0 Å². The molecular formula is C20H15ClF2O6. The number of alkyl halides is 2. The highest BCUT2D eigenvalue weighted by molar-refractivity contribution is 6.32. The van der Waals surface area contributed by atoms with Gasteiger partial charge < -0.3 is 18.6 Å². The Kier molecular flexibility index (Phi) is 6.03. The van der Waals surface area contributed by atoms with Gasteiger partial charge in [0.2, 0.25) is 0 Å². The third-order valence-electron chi connectivity index (χ3n) is 4.08. The van der Waals surface area contributed by atoms with Gasteiger partial charge in [0.15, 0.2) is 11.5 Å². The van der Waals surface area contributed by atoms with E-state index >= 15 is 0 Å². The van der Waals surface area contributed by atoms with Crippen LogP contribution in [0.3, 0.4) is 0 Å². The predicted octanol–water partition coefficient (Wildman–Crippen LogP) is 4.72. The van der Waals surface area contributed by atoms with Crippen molar-refractivity contribution in [3.63, 3.8) is 0 Å². The number of halogens is 3. The van der Waals surface area contributed by atoms with Crippen molar-refractivity contribution < 1.29 is 32.2 Å². The van der Waals surface area contributed by atoms with Crippen molar-refractivity contribution in [1.82, 2.24) is 0 Å². The lowest BCUT2D eigenvalue weighted by atomic mass is 10.1. The molecule has 1 aromatic heterocycles. The maximum absolute atomic E-state index is 12.4. The topological polar surface area (TPSA) is 75.0 Å². The summed E-state index contributed by atoms with van der Waals surface area (Å²) in [4.78, 5) is 24.2. The van der Waals surface area contributed by atoms with Gasteiger partial charge in [-0.05, 0) is 42.8 Å². The van der Waals surface area contributed by atoms with Crippen LogP contribution in [0.4, 0.5) is 8.78 Å². The number of carbonyl (C=O) groups excluding carboxylic acids is 1. The molecule has 0 amide bonds. The summed E-state index contributed by atoms with van der Waals surface area (Å²) in [6.45, 7) is -1.49. The molecule has 3 aromatic rings. The first-order valence-corrected chi connectivity index (χ1v) is 8.69. The second-order valence-electron chi connectivity index (χ2n) is 6.01. The number of rotatable bonds is 6. The Morgan fingerprint density at radius 1 is 1.17 bits per heavy atom. The summed E-state index contributed by atoms with van der Waals surface area (Å²) in [6, 6.07) is 8.12. The summed E-state index contributed by atoms with van der Waals surface area (Å²) in [5.41, 5.74) is 0.927. The minimum atomic E-state index is -3.03. The Hall–Kier alpha value is -3.13. The van der Waals surface area contributed by atoms with Crippen molar-refractivity contribution in [1.29, 1.82) is 0 Å². The average molecular weight is 425 g/mol. The van der Waals surface area contributed by atoms with E-state index in [0.29, 0.717) is 21.6 Å². The zero-order valence-electron chi connectivity index (χ0n) is 15.3. The summed E-state index contributed by atoms with van der Waals surface area (Å²) in [6.07, 6.45) is 0. The van der Waals surface area contributed by atoms with Crippen molar-refractivity contribution in [2.75, 3.05) is 7.11 Å². The maximum atomic E-state index is 12.4. The molecule has 0 fully saturated rings. The first kappa shape index (κ1) is 20.6. The van der Waals surface area contributed by atoms with E-state index in [1.54, 1.807) is 19.1 Å². The van der Waals surface area contributed by atoms with Gasteiger partial charge in [0, 0.05) is 22.0 Å². The van der Waals surface area contributed by atoms with Crippen LogP contribution in [0.5, 0.6) is 11.5 Å². The predicted molar refractivity (Wildman–Crippen MR) is 101 cm³/mol. The SMILES string of the molecule is COc1cc(C(=O)OCc2cc(=O)oc3cc(C)c(Cl)cc23)ccc1OC(F)F. The highest BCUT2D eigenvalue weighted by Gasteiger charge is 2.16. The second-order valence-corrected chi connectivity index (χ2v) is 6.42. The summed E-state index contributed by atoms with van der Waals surface area (Å²) in [5, 5.41) is 1.00. The lowest BCUT2D eigenvalue weighted by Gasteiger charge is -2.12. The van der Waals surface area contributed by atoms with Crippen LogP contribution in [-0.2, 0) is 11.3 Å². The molecule has 0 unspecified atom stereocenters. The molecule has 0 aliphatic rings. The molecule has 3 rings (SSSR count). The average Bonchev–Trinajstić information content (AvgIpc) is 2.67. The van der Waals surface area contributed by atoms with Crippen LogP contribution in [0.25, 0.3) is 11.0 Å². The lowest BCUT2D eigenvalue weighted by molar-refractivity contribution is -0.0512. The molecule has 0 atom stereocenters. The smallest absolute Gasteiger partial charge is 0.387 e. The minimum absolute atomic E-state index is 0.0483. The fraction of sp³-hybridized carbons (Fsp3) is 0.200. The number of ether oxygens (including phenoxy) is 3. The lowest BCUT2D eigenvalue weighted by Crippen LogP contribution is -2.09. The number of hydrogen-bond donors (Lipinski definition) is 0. The van der Waals surface area contributed by atoms with Crippen molar-refractivity contribution >= 4 is 28.5 Å². The number of fused-ring (bicyclic) bond motifs is 1. The van der Waals surface area contributed by atoms with E-state index in [0.717, 1.165) is 5.56 Å². The van der Waals surface area contributed by atoms with Crippen LogP contribution in [0, 0.1) is 6.92 Å². The Morgan fingerprint density at radius 2 is 1.93 bits per heavy atom. The van der Waals surface area contributed by atoms with E-state index in [4.69, 9.17) is 25.5 Å². The standard InChI is InChI=1S/C20H15ClF2O6/c1-10-5-16-13(8-14(10)21)12(7-18(24)28-16)9-27-19(25)11-3-4-15(29-20(22)23)17(6-11)26-2/h3-8,20H,9H2,1-2H3. The van der Waals surface area contributed by atoms with E-state index in [2.05, 4.69) is 4.74 Å². The summed E-state index contributed by atoms with van der Waals surface area (Å²) in [7, 11) is 1.25. The van der Waals surface area contributed by atoms with Crippen molar-refractivity contribution in [2.45, 2.75) is 20.1 Å². The molecule has 152 valence electrons. The molecule has 0 aliphatic heterocycles. The molecule has 2 aromatic carbocycles. The fourth-order valence-corrected chi connectivity index (χ4v) is 2.85. The zero-order chi connectivity index (χ0) is 21.1. The molecule has 1 heterocycles. The number of hydrogen-bond acceptors (Lipinski definition) is 6. The summed E-state index contributed by atoms with van der Waals surface area (Å²) < 4.78 is 44.5. The molecule has 0 aliphatic carbocycles. The minimum Gasteiger partial charge on any atom is -0.493 e. The normalized spacial score (nSPS) is 11.0. The van der Waals surface area contributed by atoms with Gasteiger partial charge in [-0.25, -0.2) is 9.59 Å². The Balaban J connectivity index is 1.84. The van der Waals surface area contributed by atoms with Gasteiger partial charge in [0.25, 0.3) is 0 Å². The maximum Gasteiger partial charge on any atom is 0.387 e. The third-order valence-corrected chi connectivity index (χ3v) is 4.49. The Labute approximate surface area is 168 Å². The van der Waals surface area contributed by atoms with Gasteiger partial charge in [-0.15, -0.1) is 0 Å². The van der Waals surface area contributed by atoms with Gasteiger partial charge in [-0.3, -0.25) is 0 Å². The summed E-state index contributed by atoms with van der Waals surface area (Å²) in [5.74, 6) is -1.00. The molecular weight excluding hydrogens is 410 g/mol. The molecule has 9 heteroatoms. The second kappa shape index (κ2) is 8.48. The number of benzene rings is 2. The number of carbonyl (C=O) groups is 1. The quantitative estimate of drug-likeness (QED) is 0.421. The highest BCUT2D eigenvalue weighted by atomic mass is 35.5. The first-order chi connectivity index (χ1) is 13.8. The number of aryl methyl sites for hydroxylation is 1. The first-order valence-electron chi connectivity index (χ1n) is 8.31. The summed E-state index contributed by atoms with van der Waals surface area (Å²) >= 11 is 6.14. The van der Waals surface area contributed by atoms with E-state index in [9.17, 15) is 18.4 Å². The van der Waals surface area contributed by atoms with Gasteiger partial charge in [-0.2, -0.15) is 8.78 Å². The molecule has 0 N–H and O–H groups in total. The molecule has 0 saturated carbocycles. The van der Waals surface area contributed by atoms with Crippen LogP contribution < -0.4 is 15.1 Å². The molecule has 0 spiro atoms. The number of methoxy groups -OCH3 is 1. The van der Waals surface area contributed by atoms with E-state index in [-0.39, 0.29) is 23.7 Å². The van der Waals surface area contributed by atoms with Crippen molar-refractivity contribution in [3.05, 3.63) is 68.5 Å². The van der Waals surface area contributed by atoms with Crippen LogP contribution >= 0.6 is 11.6 Å². The van der Waals surface area contributed by atoms with Gasteiger partial charge in [0.1, 0.15) is 12.2 Å². The Bertz CT molecular complexity index is 1130. The van der Waals surface area contributed by atoms with E-state index in [1.165, 1.54) is 31.4 Å². The van der Waals surface area contributed by atoms with Crippen LogP contribution in [-0.4, -0.2) is 19.7 Å². The van der Waals surface area contributed by atoms with Gasteiger partial charge >= 0.3 is 18.2 Å². The van der Waals surface area contributed by atoms with E-state index < -0.39 is 18.2 Å². The molecule has 0 saturated heterocycles. The van der Waals surface area contributed by atoms with Gasteiger partial charge in [-0.1, -0.05) is 11.6 Å². The monoisotopic (exact) mass is 424 g/mol. The molecule has 0 bridgehead atoms. The van der Waals surface area contributed by atoms with Crippen LogP contribution in [0.2, 0.25) is 5.02 Å². The number of esters is 1. The highest BCUT2D eigenvalue weighted by Crippen LogP contribution is 2.30. The van der Waals surface area contributed by atoms with Crippen molar-refractivity contribution in [2.24, 2.45) is 0 Å². The van der Waals surface area contributed by atoms with Crippen LogP contribution in [0.15, 0.2) is 45.6 Å². The Morgan fingerprint density at radius 3 is 2.62 bits per heavy atom. The molecule has 29 heavy (non-hydrogen) atoms. The zero-order valence-corrected chi connectivity index (χ0v) is 16.1.